The lowest BCUT2D eigenvalue weighted by Gasteiger charge is -2.34. The van der Waals surface area contributed by atoms with Gasteiger partial charge in [0.2, 0.25) is 0 Å². The lowest BCUT2D eigenvalue weighted by atomic mass is 9.98. The van der Waals surface area contributed by atoms with Crippen LogP contribution in [0.15, 0.2) is 41.6 Å². The Bertz CT molecular complexity index is 712. The van der Waals surface area contributed by atoms with Crippen LogP contribution < -0.4 is 9.62 Å². The predicted molar refractivity (Wildman–Crippen MR) is 80.6 cm³/mol. The molecule has 0 amide bonds. The molecule has 0 saturated carbocycles. The van der Waals surface area contributed by atoms with E-state index in [2.05, 4.69) is 22.4 Å². The van der Waals surface area contributed by atoms with Gasteiger partial charge in [-0.05, 0) is 30.7 Å². The van der Waals surface area contributed by atoms with E-state index in [1.165, 1.54) is 16.6 Å². The van der Waals surface area contributed by atoms with Crippen LogP contribution in [-0.2, 0) is 10.0 Å². The zero-order valence-corrected chi connectivity index (χ0v) is 12.6. The monoisotopic (exact) mass is 306 g/mol. The number of sulfonamides is 1. The second-order valence-corrected chi connectivity index (χ2v) is 6.79. The number of aromatic nitrogens is 2. The van der Waals surface area contributed by atoms with Gasteiger partial charge < -0.3 is 5.32 Å². The zero-order valence-electron chi connectivity index (χ0n) is 11.8. The second kappa shape index (κ2) is 5.50. The van der Waals surface area contributed by atoms with Gasteiger partial charge >= 0.3 is 0 Å². The number of hydrogen-bond acceptors (Lipinski definition) is 4. The van der Waals surface area contributed by atoms with Crippen LogP contribution in [-0.4, -0.2) is 31.7 Å². The van der Waals surface area contributed by atoms with Crippen molar-refractivity contribution in [2.24, 2.45) is 0 Å². The third-order valence-electron chi connectivity index (χ3n) is 3.70. The molecule has 7 heteroatoms. The van der Waals surface area contributed by atoms with E-state index in [4.69, 9.17) is 0 Å². The number of aromatic amines is 1. The second-order valence-electron chi connectivity index (χ2n) is 4.96. The first-order chi connectivity index (χ1) is 10.1. The Balaban J connectivity index is 2.04. The van der Waals surface area contributed by atoms with Crippen LogP contribution in [0, 0.1) is 0 Å². The van der Waals surface area contributed by atoms with E-state index in [0.29, 0.717) is 6.54 Å². The normalized spacial score (nSPS) is 18.5. The highest BCUT2D eigenvalue weighted by Gasteiger charge is 2.33. The van der Waals surface area contributed by atoms with Gasteiger partial charge in [-0.1, -0.05) is 25.1 Å². The summed E-state index contributed by atoms with van der Waals surface area (Å²) in [5, 5.41) is 9.82. The molecule has 0 fully saturated rings. The third-order valence-corrected chi connectivity index (χ3v) is 5.44. The molecule has 2 heterocycles. The highest BCUT2D eigenvalue weighted by Crippen LogP contribution is 2.36. The SMILES string of the molecule is CCNC1CCN(S(=O)(=O)c2ccn[nH]2)c2ccccc21. The highest BCUT2D eigenvalue weighted by atomic mass is 32.2. The van der Waals surface area contributed by atoms with Crippen molar-refractivity contribution < 1.29 is 8.42 Å². The number of fused-ring (bicyclic) bond motifs is 1. The number of benzene rings is 1. The molecule has 2 N–H and O–H groups in total. The molecule has 0 spiro atoms. The van der Waals surface area contributed by atoms with Crippen molar-refractivity contribution in [1.82, 2.24) is 15.5 Å². The fourth-order valence-corrected chi connectivity index (χ4v) is 4.15. The van der Waals surface area contributed by atoms with Crippen molar-refractivity contribution >= 4 is 15.7 Å². The Hall–Kier alpha value is -1.86. The van der Waals surface area contributed by atoms with Crippen molar-refractivity contribution in [2.45, 2.75) is 24.4 Å². The van der Waals surface area contributed by atoms with Crippen molar-refractivity contribution in [3.05, 3.63) is 42.1 Å². The first kappa shape index (κ1) is 14.1. The molecule has 6 nitrogen and oxygen atoms in total. The highest BCUT2D eigenvalue weighted by molar-refractivity contribution is 7.92. The summed E-state index contributed by atoms with van der Waals surface area (Å²) in [4.78, 5) is 0. The minimum atomic E-state index is -3.58. The van der Waals surface area contributed by atoms with Crippen molar-refractivity contribution in [2.75, 3.05) is 17.4 Å². The Kier molecular flexibility index (Phi) is 3.69. The fourth-order valence-electron chi connectivity index (χ4n) is 2.75. The number of H-pyrrole nitrogens is 1. The number of nitrogens with one attached hydrogen (secondary N) is 2. The van der Waals surface area contributed by atoms with Crippen LogP contribution >= 0.6 is 0 Å². The summed E-state index contributed by atoms with van der Waals surface area (Å²) in [6.45, 7) is 3.36. The van der Waals surface area contributed by atoms with Gasteiger partial charge in [0.1, 0.15) is 0 Å². The number of rotatable bonds is 4. The van der Waals surface area contributed by atoms with E-state index >= 15 is 0 Å². The smallest absolute Gasteiger partial charge is 0.281 e. The minimum absolute atomic E-state index is 0.124. The van der Waals surface area contributed by atoms with Crippen LogP contribution in [0.5, 0.6) is 0 Å². The maximum absolute atomic E-state index is 12.7. The molecule has 0 radical (unpaired) electrons. The molecule has 21 heavy (non-hydrogen) atoms. The average molecular weight is 306 g/mol. The quantitative estimate of drug-likeness (QED) is 0.900. The molecular formula is C14H18N4O2S. The molecule has 0 bridgehead atoms. The van der Waals surface area contributed by atoms with Crippen LogP contribution in [0.25, 0.3) is 0 Å². The Morgan fingerprint density at radius 1 is 1.38 bits per heavy atom. The first-order valence-electron chi connectivity index (χ1n) is 6.99. The van der Waals surface area contributed by atoms with Gasteiger partial charge in [0, 0.05) is 12.6 Å². The molecule has 1 aliphatic rings. The Morgan fingerprint density at radius 3 is 2.90 bits per heavy atom. The fraction of sp³-hybridized carbons (Fsp3) is 0.357. The van der Waals surface area contributed by atoms with Gasteiger partial charge in [-0.25, -0.2) is 0 Å². The van der Waals surface area contributed by atoms with E-state index in [1.54, 1.807) is 0 Å². The molecule has 3 rings (SSSR count). The standard InChI is InChI=1S/C14H18N4O2S/c1-2-15-12-8-10-18(13-6-4-3-5-11(12)13)21(19,20)14-7-9-16-17-14/h3-7,9,12,15H,2,8,10H2,1H3,(H,16,17). The zero-order chi connectivity index (χ0) is 14.9. The van der Waals surface area contributed by atoms with Crippen LogP contribution in [0.1, 0.15) is 24.9 Å². The van der Waals surface area contributed by atoms with E-state index in [0.717, 1.165) is 24.2 Å². The largest absolute Gasteiger partial charge is 0.310 e. The first-order valence-corrected chi connectivity index (χ1v) is 8.43. The summed E-state index contributed by atoms with van der Waals surface area (Å²) in [7, 11) is -3.58. The third kappa shape index (κ3) is 2.43. The summed E-state index contributed by atoms with van der Waals surface area (Å²) >= 11 is 0. The van der Waals surface area contributed by atoms with Crippen molar-refractivity contribution in [3.63, 3.8) is 0 Å². The summed E-state index contributed by atoms with van der Waals surface area (Å²) in [6.07, 6.45) is 2.20. The van der Waals surface area contributed by atoms with Crippen LogP contribution in [0.2, 0.25) is 0 Å². The Labute approximate surface area is 124 Å². The van der Waals surface area contributed by atoms with Crippen molar-refractivity contribution in [3.8, 4) is 0 Å². The molecule has 0 aliphatic carbocycles. The molecule has 2 aromatic rings. The van der Waals surface area contributed by atoms with Crippen LogP contribution in [0.3, 0.4) is 0 Å². The summed E-state index contributed by atoms with van der Waals surface area (Å²) in [6, 6.07) is 9.32. The molecule has 1 unspecified atom stereocenters. The van der Waals surface area contributed by atoms with Gasteiger partial charge in [0.25, 0.3) is 10.0 Å². The van der Waals surface area contributed by atoms with Gasteiger partial charge in [0.05, 0.1) is 11.9 Å². The molecule has 1 aliphatic heterocycles. The summed E-state index contributed by atoms with van der Waals surface area (Å²) < 4.78 is 26.9. The predicted octanol–water partition coefficient (Wildman–Crippen LogP) is 1.66. The number of anilines is 1. The lowest BCUT2D eigenvalue weighted by molar-refractivity contribution is 0.501. The maximum Gasteiger partial charge on any atom is 0.281 e. The minimum Gasteiger partial charge on any atom is -0.310 e. The number of nitrogens with zero attached hydrogens (tertiary/aromatic N) is 2. The number of para-hydroxylation sites is 1. The summed E-state index contributed by atoms with van der Waals surface area (Å²) in [5.74, 6) is 0. The Morgan fingerprint density at radius 2 is 2.19 bits per heavy atom. The van der Waals surface area contributed by atoms with Gasteiger partial charge in [0.15, 0.2) is 5.03 Å². The van der Waals surface area contributed by atoms with Gasteiger partial charge in [-0.2, -0.15) is 13.5 Å². The summed E-state index contributed by atoms with van der Waals surface area (Å²) in [5.41, 5.74) is 1.76. The molecule has 0 saturated heterocycles. The van der Waals surface area contributed by atoms with Gasteiger partial charge in [-0.15, -0.1) is 0 Å². The molecule has 1 atom stereocenters. The number of hydrogen-bond donors (Lipinski definition) is 2. The molecule has 1 aromatic carbocycles. The molecule has 112 valence electrons. The van der Waals surface area contributed by atoms with E-state index in [1.807, 2.05) is 24.3 Å². The van der Waals surface area contributed by atoms with Crippen molar-refractivity contribution in [1.29, 1.82) is 0 Å². The van der Waals surface area contributed by atoms with Gasteiger partial charge in [-0.3, -0.25) is 9.40 Å². The average Bonchev–Trinajstić information content (AvgIpc) is 3.02. The molecular weight excluding hydrogens is 288 g/mol. The topological polar surface area (TPSA) is 78.1 Å². The van der Waals surface area contributed by atoms with E-state index in [9.17, 15) is 8.42 Å². The van der Waals surface area contributed by atoms with E-state index in [-0.39, 0.29) is 11.1 Å². The lowest BCUT2D eigenvalue weighted by Crippen LogP contribution is -2.39. The molecule has 1 aromatic heterocycles. The van der Waals surface area contributed by atoms with E-state index < -0.39 is 10.0 Å². The maximum atomic E-state index is 12.7. The van der Waals surface area contributed by atoms with Crippen LogP contribution in [0.4, 0.5) is 5.69 Å².